The van der Waals surface area contributed by atoms with E-state index in [0.717, 1.165) is 0 Å². The van der Waals surface area contributed by atoms with Crippen molar-refractivity contribution in [3.63, 3.8) is 0 Å². The van der Waals surface area contributed by atoms with Crippen molar-refractivity contribution in [2.45, 2.75) is 6.92 Å². The van der Waals surface area contributed by atoms with Gasteiger partial charge in [0.05, 0.1) is 20.8 Å². The first-order valence-corrected chi connectivity index (χ1v) is 5.34. The Labute approximate surface area is 99.5 Å². The lowest BCUT2D eigenvalue weighted by atomic mass is 10.2. The molecule has 1 rings (SSSR count). The van der Waals surface area contributed by atoms with E-state index in [0.29, 0.717) is 0 Å². The average Bonchev–Trinajstić information content (AvgIpc) is 2.15. The van der Waals surface area contributed by atoms with Gasteiger partial charge in [-0.15, -0.1) is 0 Å². The number of ether oxygens (including phenoxy) is 1. The van der Waals surface area contributed by atoms with Gasteiger partial charge in [-0.3, -0.25) is 0 Å². The highest BCUT2D eigenvalue weighted by molar-refractivity contribution is 14.1. The standard InChI is InChI=1S/C9H7ClFIO2/c1-2-14-9(13)5-3-4-6(10)8(12)7(5)11/h3-4H,2H2,1H3. The molecule has 2 nitrogen and oxygen atoms in total. The minimum absolute atomic E-state index is 0.0827. The van der Waals surface area contributed by atoms with Crippen LogP contribution in [0.4, 0.5) is 4.39 Å². The van der Waals surface area contributed by atoms with Gasteiger partial charge >= 0.3 is 5.97 Å². The Morgan fingerprint density at radius 1 is 1.64 bits per heavy atom. The molecule has 0 saturated carbocycles. The van der Waals surface area contributed by atoms with Gasteiger partial charge in [0.1, 0.15) is 0 Å². The number of carbonyl (C=O) groups excluding carboxylic acids is 1. The molecule has 0 aromatic heterocycles. The van der Waals surface area contributed by atoms with Crippen LogP contribution in [-0.4, -0.2) is 12.6 Å². The first-order chi connectivity index (χ1) is 6.57. The van der Waals surface area contributed by atoms with Crippen molar-refractivity contribution in [1.29, 1.82) is 0 Å². The molecule has 0 aliphatic rings. The molecule has 0 amide bonds. The van der Waals surface area contributed by atoms with Crippen LogP contribution in [0.5, 0.6) is 0 Å². The van der Waals surface area contributed by atoms with E-state index in [1.807, 2.05) is 0 Å². The second-order valence-corrected chi connectivity index (χ2v) is 3.93. The van der Waals surface area contributed by atoms with Crippen molar-refractivity contribution in [3.05, 3.63) is 32.1 Å². The molecule has 0 radical (unpaired) electrons. The van der Waals surface area contributed by atoms with Gasteiger partial charge in [-0.25, -0.2) is 9.18 Å². The van der Waals surface area contributed by atoms with Crippen LogP contribution < -0.4 is 0 Å². The highest BCUT2D eigenvalue weighted by Gasteiger charge is 2.16. The number of hydrogen-bond donors (Lipinski definition) is 0. The van der Waals surface area contributed by atoms with E-state index in [1.165, 1.54) is 12.1 Å². The quantitative estimate of drug-likeness (QED) is 0.473. The fourth-order valence-corrected chi connectivity index (χ4v) is 1.51. The van der Waals surface area contributed by atoms with E-state index in [-0.39, 0.29) is 20.8 Å². The van der Waals surface area contributed by atoms with Crippen LogP contribution in [0.2, 0.25) is 5.02 Å². The minimum Gasteiger partial charge on any atom is -0.462 e. The van der Waals surface area contributed by atoms with Gasteiger partial charge in [-0.05, 0) is 41.6 Å². The Hall–Kier alpha value is -0.360. The zero-order chi connectivity index (χ0) is 10.7. The van der Waals surface area contributed by atoms with E-state index in [2.05, 4.69) is 4.74 Å². The largest absolute Gasteiger partial charge is 0.462 e. The summed E-state index contributed by atoms with van der Waals surface area (Å²) in [6.07, 6.45) is 0. The van der Waals surface area contributed by atoms with E-state index < -0.39 is 11.8 Å². The third-order valence-electron chi connectivity index (χ3n) is 1.53. The molecule has 0 heterocycles. The smallest absolute Gasteiger partial charge is 0.341 e. The first kappa shape index (κ1) is 11.7. The van der Waals surface area contributed by atoms with Crippen LogP contribution in [0.3, 0.4) is 0 Å². The van der Waals surface area contributed by atoms with Crippen molar-refractivity contribution >= 4 is 40.2 Å². The lowest BCUT2D eigenvalue weighted by Crippen LogP contribution is -2.08. The number of benzene rings is 1. The maximum Gasteiger partial charge on any atom is 0.341 e. The summed E-state index contributed by atoms with van der Waals surface area (Å²) >= 11 is 7.41. The van der Waals surface area contributed by atoms with Gasteiger partial charge in [0.2, 0.25) is 0 Å². The molecule has 0 N–H and O–H groups in total. The summed E-state index contributed by atoms with van der Waals surface area (Å²) < 4.78 is 18.4. The van der Waals surface area contributed by atoms with Crippen LogP contribution in [0.15, 0.2) is 12.1 Å². The van der Waals surface area contributed by atoms with E-state index in [9.17, 15) is 9.18 Å². The second-order valence-electron chi connectivity index (χ2n) is 2.44. The van der Waals surface area contributed by atoms with E-state index in [1.54, 1.807) is 29.5 Å². The Balaban J connectivity index is 3.11. The maximum absolute atomic E-state index is 13.4. The lowest BCUT2D eigenvalue weighted by Gasteiger charge is -2.05. The lowest BCUT2D eigenvalue weighted by molar-refractivity contribution is 0.0521. The van der Waals surface area contributed by atoms with E-state index in [4.69, 9.17) is 11.6 Å². The van der Waals surface area contributed by atoms with Gasteiger partial charge in [-0.2, -0.15) is 0 Å². The van der Waals surface area contributed by atoms with E-state index >= 15 is 0 Å². The zero-order valence-corrected chi connectivity index (χ0v) is 10.2. The third-order valence-corrected chi connectivity index (χ3v) is 3.22. The van der Waals surface area contributed by atoms with Crippen LogP contribution in [0.1, 0.15) is 17.3 Å². The average molecular weight is 329 g/mol. The summed E-state index contributed by atoms with van der Waals surface area (Å²) in [5, 5.41) is 0.288. The molecule has 0 saturated heterocycles. The van der Waals surface area contributed by atoms with Crippen molar-refractivity contribution in [2.24, 2.45) is 0 Å². The molecule has 0 aliphatic carbocycles. The molecular weight excluding hydrogens is 321 g/mol. The summed E-state index contributed by atoms with van der Waals surface area (Å²) in [5.41, 5.74) is -0.0827. The molecular formula is C9H7ClFIO2. The summed E-state index contributed by atoms with van der Waals surface area (Å²) in [6.45, 7) is 1.88. The van der Waals surface area contributed by atoms with Crippen molar-refractivity contribution in [3.8, 4) is 0 Å². The zero-order valence-electron chi connectivity index (χ0n) is 7.31. The molecule has 0 spiro atoms. The molecule has 0 atom stereocenters. The molecule has 1 aromatic carbocycles. The van der Waals surface area contributed by atoms with Crippen LogP contribution in [0.25, 0.3) is 0 Å². The summed E-state index contributed by atoms with van der Waals surface area (Å²) in [7, 11) is 0. The summed E-state index contributed by atoms with van der Waals surface area (Å²) in [6, 6.07) is 2.79. The molecule has 1 aromatic rings. The van der Waals surface area contributed by atoms with Gasteiger partial charge in [-0.1, -0.05) is 11.6 Å². The molecule has 0 aliphatic heterocycles. The Kier molecular flexibility index (Phi) is 4.12. The number of rotatable bonds is 2. The normalized spacial score (nSPS) is 10.0. The highest BCUT2D eigenvalue weighted by atomic mass is 127. The summed E-state index contributed by atoms with van der Waals surface area (Å²) in [4.78, 5) is 11.2. The van der Waals surface area contributed by atoms with Gasteiger partial charge in [0.25, 0.3) is 0 Å². The van der Waals surface area contributed by atoms with Gasteiger partial charge in [0.15, 0.2) is 5.82 Å². The Morgan fingerprint density at radius 3 is 2.86 bits per heavy atom. The van der Waals surface area contributed by atoms with Gasteiger partial charge in [0, 0.05) is 0 Å². The van der Waals surface area contributed by atoms with Crippen LogP contribution >= 0.6 is 34.2 Å². The molecule has 14 heavy (non-hydrogen) atoms. The number of halogens is 3. The monoisotopic (exact) mass is 328 g/mol. The SMILES string of the molecule is CCOC(=O)c1ccc(Cl)c(I)c1F. The number of hydrogen-bond acceptors (Lipinski definition) is 2. The fourth-order valence-electron chi connectivity index (χ4n) is 0.892. The predicted octanol–water partition coefficient (Wildman–Crippen LogP) is 3.26. The van der Waals surface area contributed by atoms with Crippen molar-refractivity contribution < 1.29 is 13.9 Å². The number of esters is 1. The fraction of sp³-hybridized carbons (Fsp3) is 0.222. The third kappa shape index (κ3) is 2.36. The molecule has 76 valence electrons. The maximum atomic E-state index is 13.4. The highest BCUT2D eigenvalue weighted by Crippen LogP contribution is 2.24. The molecule has 0 unspecified atom stereocenters. The topological polar surface area (TPSA) is 26.3 Å². The molecule has 0 bridgehead atoms. The Morgan fingerprint density at radius 2 is 2.29 bits per heavy atom. The predicted molar refractivity (Wildman–Crippen MR) is 60.1 cm³/mol. The van der Waals surface area contributed by atoms with Crippen molar-refractivity contribution in [1.82, 2.24) is 0 Å². The van der Waals surface area contributed by atoms with Crippen molar-refractivity contribution in [2.75, 3.05) is 6.61 Å². The molecule has 0 fully saturated rings. The first-order valence-electron chi connectivity index (χ1n) is 3.88. The van der Waals surface area contributed by atoms with Gasteiger partial charge < -0.3 is 4.74 Å². The minimum atomic E-state index is -0.667. The second kappa shape index (κ2) is 4.93. The van der Waals surface area contributed by atoms with Crippen LogP contribution in [-0.2, 0) is 4.74 Å². The Bertz CT molecular complexity index is 368. The van der Waals surface area contributed by atoms with Crippen LogP contribution in [0, 0.1) is 9.39 Å². The summed E-state index contributed by atoms with van der Waals surface area (Å²) in [5.74, 6) is -1.30. The number of carbonyl (C=O) groups is 1. The molecule has 5 heteroatoms.